The predicted octanol–water partition coefficient (Wildman–Crippen LogP) is 4.64. The van der Waals surface area contributed by atoms with E-state index in [0.717, 1.165) is 16.2 Å². The van der Waals surface area contributed by atoms with Gasteiger partial charge in [-0.05, 0) is 48.9 Å². The molecule has 1 aliphatic carbocycles. The minimum absolute atomic E-state index is 0.276. The van der Waals surface area contributed by atoms with Gasteiger partial charge < -0.3 is 5.11 Å². The summed E-state index contributed by atoms with van der Waals surface area (Å²) in [7, 11) is -3.49. The molecule has 30 heavy (non-hydrogen) atoms. The topological polar surface area (TPSA) is 79.6 Å². The zero-order valence-electron chi connectivity index (χ0n) is 15.7. The first-order chi connectivity index (χ1) is 14.0. The Bertz CT molecular complexity index is 1240. The Kier molecular flexibility index (Phi) is 4.99. The van der Waals surface area contributed by atoms with Crippen LogP contribution in [0.1, 0.15) is 30.2 Å². The maximum absolute atomic E-state index is 13.2. The van der Waals surface area contributed by atoms with Crippen molar-refractivity contribution in [3.8, 4) is 11.3 Å². The van der Waals surface area contributed by atoms with Gasteiger partial charge in [0.25, 0.3) is 10.0 Å². The Morgan fingerprint density at radius 2 is 1.97 bits per heavy atom. The van der Waals surface area contributed by atoms with Gasteiger partial charge in [-0.1, -0.05) is 18.2 Å². The lowest BCUT2D eigenvalue weighted by atomic mass is 9.94. The fraction of sp³-hybridized carbons (Fsp3) is 0.300. The van der Waals surface area contributed by atoms with Crippen molar-refractivity contribution in [1.82, 2.24) is 4.98 Å². The summed E-state index contributed by atoms with van der Waals surface area (Å²) >= 11 is 1.27. The van der Waals surface area contributed by atoms with Crippen molar-refractivity contribution < 1.29 is 26.7 Å². The molecule has 4 rings (SSSR count). The van der Waals surface area contributed by atoms with E-state index in [4.69, 9.17) is 0 Å². The van der Waals surface area contributed by atoms with Gasteiger partial charge in [-0.3, -0.25) is 4.98 Å². The van der Waals surface area contributed by atoms with Crippen LogP contribution in [0.4, 0.5) is 13.2 Å². The number of hydrogen-bond donors (Lipinski definition) is 1. The highest BCUT2D eigenvalue weighted by Gasteiger charge is 2.51. The standard InChI is InChI=1S/C20H17F3N2O3S2/c1-19(26,20(21,22)23)13-7-8-24-17(10-13)16-4-2-3-12-9-14(29-18(12)16)11-25-30(27,28)15-5-6-15/h2-4,7-11,15,26H,5-6H2,1H3/t19-/m1/s1. The van der Waals surface area contributed by atoms with Crippen molar-refractivity contribution in [2.45, 2.75) is 36.8 Å². The molecule has 0 radical (unpaired) electrons. The molecule has 1 aliphatic rings. The van der Waals surface area contributed by atoms with Gasteiger partial charge in [0.05, 0.1) is 17.2 Å². The SMILES string of the molecule is C[C@@](O)(c1ccnc(-c2cccc3cc(C=NS(=O)(=O)C4CC4)sc23)c1)C(F)(F)F. The first-order valence-corrected chi connectivity index (χ1v) is 11.4. The third-order valence-corrected chi connectivity index (χ3v) is 7.82. The molecular formula is C20H17F3N2O3S2. The highest BCUT2D eigenvalue weighted by Crippen LogP contribution is 2.40. The van der Waals surface area contributed by atoms with Crippen molar-refractivity contribution in [3.05, 3.63) is 53.0 Å². The number of halogens is 3. The van der Waals surface area contributed by atoms with E-state index < -0.39 is 27.1 Å². The van der Waals surface area contributed by atoms with Crippen molar-refractivity contribution in [3.63, 3.8) is 0 Å². The summed E-state index contributed by atoms with van der Waals surface area (Å²) in [6, 6.07) is 9.39. The number of benzene rings is 1. The zero-order valence-corrected chi connectivity index (χ0v) is 17.4. The molecule has 3 aromatic rings. The minimum Gasteiger partial charge on any atom is -0.376 e. The van der Waals surface area contributed by atoms with Crippen molar-refractivity contribution >= 4 is 37.7 Å². The Labute approximate surface area is 175 Å². The summed E-state index contributed by atoms with van der Waals surface area (Å²) in [5, 5.41) is 10.4. The van der Waals surface area contributed by atoms with E-state index in [1.54, 1.807) is 18.2 Å². The van der Waals surface area contributed by atoms with Gasteiger partial charge in [0, 0.05) is 21.3 Å². The molecule has 1 aromatic carbocycles. The Hall–Kier alpha value is -2.30. The molecule has 158 valence electrons. The van der Waals surface area contributed by atoms with Gasteiger partial charge in [-0.2, -0.15) is 17.6 Å². The third-order valence-electron chi connectivity index (χ3n) is 4.99. The second kappa shape index (κ2) is 7.14. The van der Waals surface area contributed by atoms with Crippen LogP contribution in [0.25, 0.3) is 21.3 Å². The van der Waals surface area contributed by atoms with Crippen LogP contribution in [-0.2, 0) is 15.6 Å². The summed E-state index contributed by atoms with van der Waals surface area (Å²) < 4.78 is 68.1. The lowest BCUT2D eigenvalue weighted by Crippen LogP contribution is -2.39. The van der Waals surface area contributed by atoms with E-state index in [1.807, 2.05) is 6.07 Å². The number of pyridine rings is 1. The van der Waals surface area contributed by atoms with Crippen molar-refractivity contribution in [1.29, 1.82) is 0 Å². The first kappa shape index (κ1) is 21.0. The molecule has 1 N–H and O–H groups in total. The molecule has 1 saturated carbocycles. The molecule has 0 unspecified atom stereocenters. The smallest absolute Gasteiger partial charge is 0.376 e. The number of aliphatic hydroxyl groups is 1. The molecule has 0 amide bonds. The average Bonchev–Trinajstić information content (AvgIpc) is 3.46. The lowest BCUT2D eigenvalue weighted by Gasteiger charge is -2.26. The van der Waals surface area contributed by atoms with Gasteiger partial charge in [-0.25, -0.2) is 8.42 Å². The molecule has 0 saturated heterocycles. The largest absolute Gasteiger partial charge is 0.421 e. The number of rotatable bonds is 5. The molecule has 0 spiro atoms. The molecule has 2 aromatic heterocycles. The number of aromatic nitrogens is 1. The normalized spacial score (nSPS) is 17.5. The number of sulfonamides is 1. The van der Waals surface area contributed by atoms with Crippen molar-refractivity contribution in [2.75, 3.05) is 0 Å². The van der Waals surface area contributed by atoms with E-state index in [0.29, 0.717) is 30.2 Å². The van der Waals surface area contributed by atoms with Crippen LogP contribution in [0.5, 0.6) is 0 Å². The monoisotopic (exact) mass is 454 g/mol. The van der Waals surface area contributed by atoms with Crippen molar-refractivity contribution in [2.24, 2.45) is 4.40 Å². The zero-order chi connectivity index (χ0) is 21.7. The highest BCUT2D eigenvalue weighted by atomic mass is 32.2. The predicted molar refractivity (Wildman–Crippen MR) is 110 cm³/mol. The lowest BCUT2D eigenvalue weighted by molar-refractivity contribution is -0.258. The van der Waals surface area contributed by atoms with Gasteiger partial charge in [0.15, 0.2) is 5.60 Å². The second-order valence-corrected chi connectivity index (χ2v) is 10.3. The van der Waals surface area contributed by atoms with E-state index in [-0.39, 0.29) is 11.3 Å². The summed E-state index contributed by atoms with van der Waals surface area (Å²) in [5.74, 6) is 0. The summed E-state index contributed by atoms with van der Waals surface area (Å²) in [6.07, 6.45) is -1.06. The molecule has 10 heteroatoms. The summed E-state index contributed by atoms with van der Waals surface area (Å²) in [6.45, 7) is 0.701. The van der Waals surface area contributed by atoms with Crippen LogP contribution >= 0.6 is 11.3 Å². The fourth-order valence-electron chi connectivity index (χ4n) is 2.97. The quantitative estimate of drug-likeness (QED) is 0.570. The molecule has 5 nitrogen and oxygen atoms in total. The van der Waals surface area contributed by atoms with E-state index in [1.165, 1.54) is 29.8 Å². The Morgan fingerprint density at radius 3 is 2.63 bits per heavy atom. The van der Waals surface area contributed by atoms with E-state index >= 15 is 0 Å². The van der Waals surface area contributed by atoms with Crippen LogP contribution in [0.15, 0.2) is 47.0 Å². The van der Waals surface area contributed by atoms with Gasteiger partial charge >= 0.3 is 6.18 Å². The Balaban J connectivity index is 1.74. The van der Waals surface area contributed by atoms with Crippen LogP contribution in [0, 0.1) is 0 Å². The molecule has 0 aliphatic heterocycles. The number of nitrogens with zero attached hydrogens (tertiary/aromatic N) is 2. The van der Waals surface area contributed by atoms with Crippen LogP contribution < -0.4 is 0 Å². The summed E-state index contributed by atoms with van der Waals surface area (Å²) in [4.78, 5) is 4.79. The van der Waals surface area contributed by atoms with Crippen LogP contribution in [0.2, 0.25) is 0 Å². The fourth-order valence-corrected chi connectivity index (χ4v) is 5.26. The maximum atomic E-state index is 13.2. The third kappa shape index (κ3) is 3.86. The molecular weight excluding hydrogens is 437 g/mol. The van der Waals surface area contributed by atoms with E-state index in [9.17, 15) is 26.7 Å². The molecule has 2 heterocycles. The number of fused-ring (bicyclic) bond motifs is 1. The Morgan fingerprint density at radius 1 is 1.23 bits per heavy atom. The van der Waals surface area contributed by atoms with Crippen LogP contribution in [-0.4, -0.2) is 36.1 Å². The first-order valence-electron chi connectivity index (χ1n) is 9.07. The number of hydrogen-bond acceptors (Lipinski definition) is 5. The maximum Gasteiger partial charge on any atom is 0.421 e. The number of thiophene rings is 1. The van der Waals surface area contributed by atoms with E-state index in [2.05, 4.69) is 9.38 Å². The van der Waals surface area contributed by atoms with Gasteiger partial charge in [-0.15, -0.1) is 11.3 Å². The molecule has 0 bridgehead atoms. The molecule has 1 atom stereocenters. The second-order valence-electron chi connectivity index (χ2n) is 7.32. The van der Waals surface area contributed by atoms with Gasteiger partial charge in [0.1, 0.15) is 0 Å². The highest BCUT2D eigenvalue weighted by molar-refractivity contribution is 7.91. The van der Waals surface area contributed by atoms with Crippen LogP contribution in [0.3, 0.4) is 0 Å². The minimum atomic E-state index is -4.84. The molecule has 1 fully saturated rings. The summed E-state index contributed by atoms with van der Waals surface area (Å²) in [5.41, 5.74) is -2.46. The van der Waals surface area contributed by atoms with Gasteiger partial charge in [0.2, 0.25) is 0 Å². The number of alkyl halides is 3. The average molecular weight is 454 g/mol.